The molecule has 2 amide bonds. The predicted molar refractivity (Wildman–Crippen MR) is 80.9 cm³/mol. The molecule has 2 saturated heterocycles. The number of carbonyl (C=O) groups is 2. The van der Waals surface area contributed by atoms with Crippen molar-refractivity contribution >= 4 is 35.1 Å². The van der Waals surface area contributed by atoms with Gasteiger partial charge in [0.15, 0.2) is 0 Å². The summed E-state index contributed by atoms with van der Waals surface area (Å²) < 4.78 is 6.40. The number of likely N-dealkylation sites (N-methyl/N-ethyl adjacent to an activating group) is 1. The summed E-state index contributed by atoms with van der Waals surface area (Å²) >= 11 is 3.01. The lowest BCUT2D eigenvalue weighted by atomic mass is 9.92. The molecule has 1 aromatic rings. The van der Waals surface area contributed by atoms with Crippen molar-refractivity contribution in [3.8, 4) is 0 Å². The Bertz CT molecular complexity index is 577. The van der Waals surface area contributed by atoms with Gasteiger partial charge in [-0.15, -0.1) is 11.3 Å². The average Bonchev–Trinajstić information content (AvgIpc) is 3.04. The molecule has 2 fully saturated rings. The fourth-order valence-electron chi connectivity index (χ4n) is 2.89. The van der Waals surface area contributed by atoms with E-state index in [1.165, 1.54) is 23.1 Å². The summed E-state index contributed by atoms with van der Waals surface area (Å²) in [6, 6.07) is 0. The second-order valence-electron chi connectivity index (χ2n) is 5.44. The number of nitrogens with zero attached hydrogens (tertiary/aromatic N) is 3. The minimum Gasteiger partial charge on any atom is -0.439 e. The first-order valence-corrected chi connectivity index (χ1v) is 8.86. The maximum Gasteiger partial charge on any atom is 0.410 e. The number of amides is 2. The Labute approximate surface area is 131 Å². The Kier molecular flexibility index (Phi) is 3.83. The van der Waals surface area contributed by atoms with E-state index in [9.17, 15) is 9.59 Å². The van der Waals surface area contributed by atoms with Crippen LogP contribution in [0.2, 0.25) is 0 Å². The first kappa shape index (κ1) is 14.6. The quantitative estimate of drug-likeness (QED) is 0.777. The van der Waals surface area contributed by atoms with Crippen LogP contribution < -0.4 is 0 Å². The molecule has 8 heteroatoms. The van der Waals surface area contributed by atoms with Gasteiger partial charge < -0.3 is 14.5 Å². The summed E-state index contributed by atoms with van der Waals surface area (Å²) in [7, 11) is 1.73. The zero-order valence-electron chi connectivity index (χ0n) is 12.0. The van der Waals surface area contributed by atoms with Crippen molar-refractivity contribution in [2.75, 3.05) is 32.9 Å². The fraction of sp³-hybridized carbons (Fsp3) is 0.615. The molecule has 0 aromatic carbocycles. The Morgan fingerprint density at radius 1 is 1.52 bits per heavy atom. The van der Waals surface area contributed by atoms with Gasteiger partial charge in [-0.2, -0.15) is 0 Å². The Morgan fingerprint density at radius 3 is 2.95 bits per heavy atom. The fourth-order valence-corrected chi connectivity index (χ4v) is 4.12. The lowest BCUT2D eigenvalue weighted by molar-refractivity contribution is -0.00539. The molecule has 0 saturated carbocycles. The monoisotopic (exact) mass is 327 g/mol. The molecule has 1 spiro atoms. The van der Waals surface area contributed by atoms with Gasteiger partial charge in [0, 0.05) is 19.0 Å². The van der Waals surface area contributed by atoms with E-state index in [1.54, 1.807) is 22.2 Å². The van der Waals surface area contributed by atoms with Crippen molar-refractivity contribution in [1.29, 1.82) is 0 Å². The number of thiazole rings is 1. The van der Waals surface area contributed by atoms with Crippen LogP contribution in [0.4, 0.5) is 4.79 Å². The molecule has 1 atom stereocenters. The summed E-state index contributed by atoms with van der Waals surface area (Å²) in [5.74, 6) is -0.0729. The van der Waals surface area contributed by atoms with E-state index < -0.39 is 5.60 Å². The Hall–Kier alpha value is -1.28. The van der Waals surface area contributed by atoms with Crippen molar-refractivity contribution in [2.45, 2.75) is 22.8 Å². The molecular weight excluding hydrogens is 310 g/mol. The van der Waals surface area contributed by atoms with Gasteiger partial charge >= 0.3 is 6.09 Å². The van der Waals surface area contributed by atoms with Gasteiger partial charge in [-0.3, -0.25) is 4.79 Å². The predicted octanol–water partition coefficient (Wildman–Crippen LogP) is 1.92. The number of rotatable bonds is 2. The van der Waals surface area contributed by atoms with Crippen molar-refractivity contribution < 1.29 is 14.3 Å². The van der Waals surface area contributed by atoms with Crippen LogP contribution in [0.25, 0.3) is 0 Å². The highest BCUT2D eigenvalue weighted by Crippen LogP contribution is 2.32. The van der Waals surface area contributed by atoms with Crippen LogP contribution in [0.5, 0.6) is 0 Å². The molecule has 114 valence electrons. The molecule has 2 aliphatic heterocycles. The second-order valence-corrected chi connectivity index (χ2v) is 7.35. The standard InChI is InChI=1S/C13H17N3O3S2/c1-15-7-13(19-12(15)18)4-3-5-16(8-13)10(17)9-6-21-11(14-9)20-2/h6H,3-5,7-8H2,1-2H3/t13-/m0/s1. The number of likely N-dealkylation sites (tertiary alicyclic amines) is 1. The van der Waals surface area contributed by atoms with Crippen LogP contribution in [-0.4, -0.2) is 65.3 Å². The van der Waals surface area contributed by atoms with E-state index >= 15 is 0 Å². The van der Waals surface area contributed by atoms with Gasteiger partial charge in [0.25, 0.3) is 5.91 Å². The largest absolute Gasteiger partial charge is 0.439 e. The van der Waals surface area contributed by atoms with Crippen LogP contribution in [0, 0.1) is 0 Å². The van der Waals surface area contributed by atoms with E-state index in [4.69, 9.17) is 4.74 Å². The number of aromatic nitrogens is 1. The van der Waals surface area contributed by atoms with Crippen molar-refractivity contribution in [3.05, 3.63) is 11.1 Å². The first-order chi connectivity index (χ1) is 10.0. The Morgan fingerprint density at radius 2 is 2.33 bits per heavy atom. The summed E-state index contributed by atoms with van der Waals surface area (Å²) in [5.41, 5.74) is -0.0583. The molecule has 6 nitrogen and oxygen atoms in total. The number of thioether (sulfide) groups is 1. The van der Waals surface area contributed by atoms with Crippen LogP contribution in [-0.2, 0) is 4.74 Å². The normalized spacial score (nSPS) is 25.5. The van der Waals surface area contributed by atoms with E-state index in [0.29, 0.717) is 25.3 Å². The molecule has 0 N–H and O–H groups in total. The highest BCUT2D eigenvalue weighted by molar-refractivity contribution is 8.00. The SMILES string of the molecule is CSc1nc(C(=O)N2CCC[C@]3(CN(C)C(=O)O3)C2)cs1. The van der Waals surface area contributed by atoms with Gasteiger partial charge in [0.05, 0.1) is 13.1 Å². The van der Waals surface area contributed by atoms with Gasteiger partial charge in [-0.1, -0.05) is 11.8 Å². The van der Waals surface area contributed by atoms with Gasteiger partial charge in [0.2, 0.25) is 0 Å². The van der Waals surface area contributed by atoms with Crippen molar-refractivity contribution in [1.82, 2.24) is 14.8 Å². The number of piperidine rings is 1. The highest BCUT2D eigenvalue weighted by Gasteiger charge is 2.47. The zero-order chi connectivity index (χ0) is 15.0. The number of hydrogen-bond donors (Lipinski definition) is 0. The third-order valence-electron chi connectivity index (χ3n) is 3.84. The zero-order valence-corrected chi connectivity index (χ0v) is 13.6. The second kappa shape index (κ2) is 5.49. The summed E-state index contributed by atoms with van der Waals surface area (Å²) in [6.45, 7) is 1.69. The molecular formula is C13H17N3O3S2. The molecule has 3 heterocycles. The average molecular weight is 327 g/mol. The summed E-state index contributed by atoms with van der Waals surface area (Å²) in [4.78, 5) is 31.8. The number of carbonyl (C=O) groups excluding carboxylic acids is 2. The van der Waals surface area contributed by atoms with Gasteiger partial charge in [0.1, 0.15) is 15.6 Å². The molecule has 21 heavy (non-hydrogen) atoms. The maximum absolute atomic E-state index is 12.5. The summed E-state index contributed by atoms with van der Waals surface area (Å²) in [6.07, 6.45) is 3.28. The van der Waals surface area contributed by atoms with E-state index in [-0.39, 0.29) is 12.0 Å². The van der Waals surface area contributed by atoms with Crippen LogP contribution in [0.3, 0.4) is 0 Å². The third-order valence-corrected chi connectivity index (χ3v) is 5.71. The third kappa shape index (κ3) is 2.74. The van der Waals surface area contributed by atoms with E-state index in [1.807, 2.05) is 6.26 Å². The molecule has 0 unspecified atom stereocenters. The summed E-state index contributed by atoms with van der Waals surface area (Å²) in [5, 5.41) is 1.79. The highest BCUT2D eigenvalue weighted by atomic mass is 32.2. The van der Waals surface area contributed by atoms with Crippen LogP contribution >= 0.6 is 23.1 Å². The molecule has 0 radical (unpaired) electrons. The van der Waals surface area contributed by atoms with E-state index in [2.05, 4.69) is 4.98 Å². The minimum absolute atomic E-state index is 0.0729. The molecule has 0 aliphatic carbocycles. The van der Waals surface area contributed by atoms with E-state index in [0.717, 1.165) is 17.2 Å². The van der Waals surface area contributed by atoms with Crippen LogP contribution in [0.1, 0.15) is 23.3 Å². The number of ether oxygens (including phenoxy) is 1. The smallest absolute Gasteiger partial charge is 0.410 e. The molecule has 1 aromatic heterocycles. The molecule has 2 aliphatic rings. The maximum atomic E-state index is 12.5. The van der Waals surface area contributed by atoms with Gasteiger partial charge in [-0.25, -0.2) is 9.78 Å². The van der Waals surface area contributed by atoms with Crippen molar-refractivity contribution in [3.63, 3.8) is 0 Å². The molecule has 3 rings (SSSR count). The minimum atomic E-state index is -0.544. The lowest BCUT2D eigenvalue weighted by Gasteiger charge is -2.38. The Balaban J connectivity index is 1.74. The molecule has 0 bridgehead atoms. The first-order valence-electron chi connectivity index (χ1n) is 6.76. The van der Waals surface area contributed by atoms with Gasteiger partial charge in [-0.05, 0) is 19.1 Å². The topological polar surface area (TPSA) is 62.7 Å². The van der Waals surface area contributed by atoms with Crippen LogP contribution in [0.15, 0.2) is 9.72 Å². The van der Waals surface area contributed by atoms with Crippen molar-refractivity contribution in [2.24, 2.45) is 0 Å². The lowest BCUT2D eigenvalue weighted by Crippen LogP contribution is -2.52. The number of hydrogen-bond acceptors (Lipinski definition) is 6.